The second kappa shape index (κ2) is 5.90. The summed E-state index contributed by atoms with van der Waals surface area (Å²) in [6.45, 7) is 0.260. The van der Waals surface area contributed by atoms with E-state index in [0.717, 1.165) is 4.47 Å². The number of benzene rings is 1. The van der Waals surface area contributed by atoms with Crippen LogP contribution < -0.4 is 15.8 Å². The van der Waals surface area contributed by atoms with Gasteiger partial charge in [0.1, 0.15) is 11.5 Å². The van der Waals surface area contributed by atoms with Crippen LogP contribution in [-0.2, 0) is 6.54 Å². The minimum absolute atomic E-state index is 0.218. The molecule has 0 radical (unpaired) electrons. The van der Waals surface area contributed by atoms with Gasteiger partial charge in [0.2, 0.25) is 0 Å². The molecular formula is C13H13BrN2O3. The molecule has 2 rings (SSSR count). The SMILES string of the molecule is COc1ccc(Br)c(NC(=O)c2ccc(CN)o2)c1. The molecule has 0 aliphatic carbocycles. The van der Waals surface area contributed by atoms with Gasteiger partial charge in [-0.05, 0) is 40.2 Å². The van der Waals surface area contributed by atoms with E-state index in [-0.39, 0.29) is 18.2 Å². The first-order valence-electron chi connectivity index (χ1n) is 5.57. The van der Waals surface area contributed by atoms with Crippen molar-refractivity contribution in [3.63, 3.8) is 0 Å². The van der Waals surface area contributed by atoms with Gasteiger partial charge in [-0.15, -0.1) is 0 Å². The van der Waals surface area contributed by atoms with Crippen molar-refractivity contribution in [3.05, 3.63) is 46.3 Å². The topological polar surface area (TPSA) is 77.5 Å². The van der Waals surface area contributed by atoms with Gasteiger partial charge in [-0.3, -0.25) is 4.79 Å². The molecule has 0 fully saturated rings. The second-order valence-corrected chi connectivity index (χ2v) is 4.62. The molecule has 19 heavy (non-hydrogen) atoms. The maximum absolute atomic E-state index is 12.0. The predicted molar refractivity (Wildman–Crippen MR) is 75.2 cm³/mol. The quantitative estimate of drug-likeness (QED) is 0.906. The zero-order valence-corrected chi connectivity index (χ0v) is 11.9. The Bertz CT molecular complexity index is 595. The maximum atomic E-state index is 12.0. The molecule has 3 N–H and O–H groups in total. The van der Waals surface area contributed by atoms with Gasteiger partial charge in [0, 0.05) is 10.5 Å². The number of nitrogens with one attached hydrogen (secondary N) is 1. The minimum atomic E-state index is -0.339. The van der Waals surface area contributed by atoms with Crippen LogP contribution in [0.1, 0.15) is 16.3 Å². The van der Waals surface area contributed by atoms with Crippen molar-refractivity contribution in [2.45, 2.75) is 6.54 Å². The molecule has 0 saturated heterocycles. The van der Waals surface area contributed by atoms with Crippen molar-refractivity contribution in [2.24, 2.45) is 5.73 Å². The predicted octanol–water partition coefficient (Wildman–Crippen LogP) is 2.76. The minimum Gasteiger partial charge on any atom is -0.497 e. The van der Waals surface area contributed by atoms with E-state index in [1.54, 1.807) is 37.4 Å². The molecule has 0 saturated carbocycles. The van der Waals surface area contributed by atoms with Crippen LogP contribution in [-0.4, -0.2) is 13.0 Å². The molecule has 5 nitrogen and oxygen atoms in total. The molecular weight excluding hydrogens is 312 g/mol. The Morgan fingerprint density at radius 2 is 2.21 bits per heavy atom. The van der Waals surface area contributed by atoms with E-state index < -0.39 is 0 Å². The fourth-order valence-electron chi connectivity index (χ4n) is 1.52. The van der Waals surface area contributed by atoms with Crippen LogP contribution in [0.25, 0.3) is 0 Å². The number of rotatable bonds is 4. The number of carbonyl (C=O) groups excluding carboxylic acids is 1. The molecule has 0 atom stereocenters. The Kier molecular flexibility index (Phi) is 4.24. The number of carbonyl (C=O) groups is 1. The van der Waals surface area contributed by atoms with Crippen LogP contribution in [0, 0.1) is 0 Å². The Morgan fingerprint density at radius 1 is 1.42 bits per heavy atom. The lowest BCUT2D eigenvalue weighted by atomic mass is 10.3. The Morgan fingerprint density at radius 3 is 2.84 bits per heavy atom. The fraction of sp³-hybridized carbons (Fsp3) is 0.154. The third-order valence-corrected chi connectivity index (χ3v) is 3.20. The monoisotopic (exact) mass is 324 g/mol. The lowest BCUT2D eigenvalue weighted by molar-refractivity contribution is 0.0995. The van der Waals surface area contributed by atoms with E-state index in [1.807, 2.05) is 0 Å². The zero-order valence-electron chi connectivity index (χ0n) is 10.3. The van der Waals surface area contributed by atoms with Crippen molar-refractivity contribution >= 4 is 27.5 Å². The molecule has 2 aromatic rings. The number of hydrogen-bond donors (Lipinski definition) is 2. The highest BCUT2D eigenvalue weighted by molar-refractivity contribution is 9.10. The molecule has 0 aliphatic rings. The van der Waals surface area contributed by atoms with Gasteiger partial charge in [-0.2, -0.15) is 0 Å². The summed E-state index contributed by atoms with van der Waals surface area (Å²) in [6.07, 6.45) is 0. The summed E-state index contributed by atoms with van der Waals surface area (Å²) in [7, 11) is 1.56. The summed E-state index contributed by atoms with van der Waals surface area (Å²) in [4.78, 5) is 12.0. The van der Waals surface area contributed by atoms with E-state index in [1.165, 1.54) is 0 Å². The van der Waals surface area contributed by atoms with E-state index in [0.29, 0.717) is 17.2 Å². The summed E-state index contributed by atoms with van der Waals surface area (Å²) in [5.74, 6) is 1.10. The van der Waals surface area contributed by atoms with Gasteiger partial charge in [0.15, 0.2) is 5.76 Å². The Balaban J connectivity index is 2.18. The highest BCUT2D eigenvalue weighted by Crippen LogP contribution is 2.27. The zero-order chi connectivity index (χ0) is 13.8. The lowest BCUT2D eigenvalue weighted by Gasteiger charge is -2.08. The third kappa shape index (κ3) is 3.15. The first kappa shape index (κ1) is 13.6. The highest BCUT2D eigenvalue weighted by Gasteiger charge is 2.13. The third-order valence-electron chi connectivity index (χ3n) is 2.51. The van der Waals surface area contributed by atoms with Gasteiger partial charge >= 0.3 is 0 Å². The largest absolute Gasteiger partial charge is 0.497 e. The van der Waals surface area contributed by atoms with Gasteiger partial charge in [0.25, 0.3) is 5.91 Å². The van der Waals surface area contributed by atoms with Crippen LogP contribution >= 0.6 is 15.9 Å². The first-order valence-corrected chi connectivity index (χ1v) is 6.37. The number of ether oxygens (including phenoxy) is 1. The summed E-state index contributed by atoms with van der Waals surface area (Å²) in [5.41, 5.74) is 6.03. The number of hydrogen-bond acceptors (Lipinski definition) is 4. The van der Waals surface area contributed by atoms with Crippen LogP contribution in [0.5, 0.6) is 5.75 Å². The number of nitrogens with two attached hydrogens (primary N) is 1. The van der Waals surface area contributed by atoms with Crippen molar-refractivity contribution in [2.75, 3.05) is 12.4 Å². The summed E-state index contributed by atoms with van der Waals surface area (Å²) >= 11 is 3.36. The van der Waals surface area contributed by atoms with E-state index in [9.17, 15) is 4.79 Å². The van der Waals surface area contributed by atoms with Crippen LogP contribution in [0.15, 0.2) is 39.2 Å². The van der Waals surface area contributed by atoms with E-state index in [4.69, 9.17) is 14.9 Å². The summed E-state index contributed by atoms with van der Waals surface area (Å²) in [5, 5.41) is 2.74. The van der Waals surface area contributed by atoms with Crippen molar-refractivity contribution < 1.29 is 13.9 Å². The van der Waals surface area contributed by atoms with Crippen LogP contribution in [0.2, 0.25) is 0 Å². The van der Waals surface area contributed by atoms with Gasteiger partial charge < -0.3 is 20.2 Å². The number of methoxy groups -OCH3 is 1. The summed E-state index contributed by atoms with van der Waals surface area (Å²) in [6, 6.07) is 8.57. The van der Waals surface area contributed by atoms with Gasteiger partial charge in [-0.25, -0.2) is 0 Å². The lowest BCUT2D eigenvalue weighted by Crippen LogP contribution is -2.11. The van der Waals surface area contributed by atoms with Crippen LogP contribution in [0.4, 0.5) is 5.69 Å². The van der Waals surface area contributed by atoms with Crippen molar-refractivity contribution in [1.29, 1.82) is 0 Å². The first-order chi connectivity index (χ1) is 9.13. The molecule has 1 amide bonds. The smallest absolute Gasteiger partial charge is 0.291 e. The van der Waals surface area contributed by atoms with Crippen molar-refractivity contribution in [1.82, 2.24) is 0 Å². The molecule has 0 unspecified atom stereocenters. The molecule has 1 aromatic heterocycles. The summed E-state index contributed by atoms with van der Waals surface area (Å²) < 4.78 is 11.1. The average Bonchev–Trinajstić information content (AvgIpc) is 2.90. The molecule has 0 spiro atoms. The van der Waals surface area contributed by atoms with E-state index >= 15 is 0 Å². The standard InChI is InChI=1S/C13H13BrN2O3/c1-18-8-2-4-10(14)11(6-8)16-13(17)12-5-3-9(7-15)19-12/h2-6H,7,15H2,1H3,(H,16,17). The molecule has 0 aliphatic heterocycles. The number of furan rings is 1. The molecule has 1 heterocycles. The second-order valence-electron chi connectivity index (χ2n) is 3.77. The number of amides is 1. The van der Waals surface area contributed by atoms with Gasteiger partial charge in [0.05, 0.1) is 19.3 Å². The Labute approximate surface area is 118 Å². The van der Waals surface area contributed by atoms with Gasteiger partial charge in [-0.1, -0.05) is 0 Å². The molecule has 0 bridgehead atoms. The Hall–Kier alpha value is -1.79. The fourth-order valence-corrected chi connectivity index (χ4v) is 1.87. The van der Waals surface area contributed by atoms with Crippen LogP contribution in [0.3, 0.4) is 0 Å². The molecule has 6 heteroatoms. The maximum Gasteiger partial charge on any atom is 0.291 e. The number of anilines is 1. The normalized spacial score (nSPS) is 10.3. The molecule has 100 valence electrons. The molecule has 1 aromatic carbocycles. The number of halogens is 1. The van der Waals surface area contributed by atoms with E-state index in [2.05, 4.69) is 21.2 Å². The van der Waals surface area contributed by atoms with Crippen molar-refractivity contribution in [3.8, 4) is 5.75 Å². The average molecular weight is 325 g/mol. The highest BCUT2D eigenvalue weighted by atomic mass is 79.9.